The normalized spacial score (nSPS) is 20.6. The van der Waals surface area contributed by atoms with Crippen LogP contribution in [0.3, 0.4) is 0 Å². The molecule has 2 aromatic carbocycles. The van der Waals surface area contributed by atoms with Gasteiger partial charge in [0.2, 0.25) is 5.91 Å². The van der Waals surface area contributed by atoms with Crippen molar-refractivity contribution in [2.45, 2.75) is 49.3 Å². The number of aliphatic carboxylic acids is 2. The van der Waals surface area contributed by atoms with Crippen molar-refractivity contribution in [3.8, 4) is 0 Å². The van der Waals surface area contributed by atoms with Gasteiger partial charge < -0.3 is 25.0 Å². The maximum atomic E-state index is 13.7. The van der Waals surface area contributed by atoms with Gasteiger partial charge in [0.25, 0.3) is 0 Å². The standard InChI is InChI=1S/C33H37Cl2N3O6S/c34-23-12-7-13-24(35)28(23)31-29(32(40)41)25(36-26(30(31)33(42)43)20-45(44)22-10-5-2-6-11-22)18-27(39)38-16-14-37(15-17-38)19-21-8-3-1-4-9-21/h2,5-7,10-13,21,31,36H,1,3-4,8-9,14-20H2,(H,40,41)(H,42,43). The molecule has 0 bridgehead atoms. The molecule has 2 aromatic rings. The van der Waals surface area contributed by atoms with Crippen LogP contribution in [0.5, 0.6) is 0 Å². The van der Waals surface area contributed by atoms with E-state index in [4.69, 9.17) is 23.2 Å². The number of amides is 1. The van der Waals surface area contributed by atoms with E-state index in [0.29, 0.717) is 23.9 Å². The van der Waals surface area contributed by atoms with Gasteiger partial charge in [0.1, 0.15) is 0 Å². The molecule has 9 nitrogen and oxygen atoms in total. The molecule has 1 amide bonds. The summed E-state index contributed by atoms with van der Waals surface area (Å²) in [5.41, 5.74) is -0.500. The summed E-state index contributed by atoms with van der Waals surface area (Å²) in [5.74, 6) is -4.08. The number of piperazine rings is 1. The number of hydrogen-bond donors (Lipinski definition) is 3. The Balaban J connectivity index is 1.45. The lowest BCUT2D eigenvalue weighted by molar-refractivity contribution is -0.133. The summed E-state index contributed by atoms with van der Waals surface area (Å²) < 4.78 is 13.4. The molecule has 1 saturated heterocycles. The topological polar surface area (TPSA) is 133 Å². The van der Waals surface area contributed by atoms with E-state index in [0.717, 1.165) is 19.6 Å². The van der Waals surface area contributed by atoms with Gasteiger partial charge >= 0.3 is 11.9 Å². The molecule has 1 saturated carbocycles. The molecule has 0 radical (unpaired) electrons. The number of halogens is 2. The van der Waals surface area contributed by atoms with Crippen molar-refractivity contribution in [1.82, 2.24) is 15.1 Å². The molecule has 5 rings (SSSR count). The lowest BCUT2D eigenvalue weighted by Gasteiger charge is -2.38. The molecule has 2 fully saturated rings. The molecule has 3 aliphatic rings. The Morgan fingerprint density at radius 1 is 0.844 bits per heavy atom. The Labute approximate surface area is 276 Å². The van der Waals surface area contributed by atoms with Crippen molar-refractivity contribution in [3.05, 3.63) is 86.7 Å². The highest BCUT2D eigenvalue weighted by Crippen LogP contribution is 2.45. The molecule has 2 heterocycles. The van der Waals surface area contributed by atoms with E-state index in [1.54, 1.807) is 41.3 Å². The number of hydrogen-bond acceptors (Lipinski definition) is 6. The molecule has 2 atom stereocenters. The van der Waals surface area contributed by atoms with E-state index in [9.17, 15) is 29.1 Å². The van der Waals surface area contributed by atoms with Crippen LogP contribution in [0.15, 0.2) is 76.0 Å². The zero-order valence-corrected chi connectivity index (χ0v) is 27.2. The van der Waals surface area contributed by atoms with Gasteiger partial charge in [0.05, 0.1) is 29.2 Å². The van der Waals surface area contributed by atoms with Gasteiger partial charge in [-0.05, 0) is 54.2 Å². The number of carboxylic acid groups (broad SMARTS) is 2. The first-order valence-corrected chi connectivity index (χ1v) is 17.3. The first-order chi connectivity index (χ1) is 21.6. The van der Waals surface area contributed by atoms with Crippen LogP contribution in [-0.4, -0.2) is 80.9 Å². The van der Waals surface area contributed by atoms with Crippen LogP contribution < -0.4 is 5.32 Å². The Morgan fingerprint density at radius 3 is 2.04 bits per heavy atom. The van der Waals surface area contributed by atoms with Crippen LogP contribution in [0.4, 0.5) is 0 Å². The number of carbonyl (C=O) groups excluding carboxylic acids is 1. The van der Waals surface area contributed by atoms with Gasteiger partial charge in [-0.25, -0.2) is 9.59 Å². The van der Waals surface area contributed by atoms with E-state index in [1.165, 1.54) is 44.2 Å². The number of nitrogens with one attached hydrogen (secondary N) is 1. The summed E-state index contributed by atoms with van der Waals surface area (Å²) in [5, 5.41) is 24.0. The summed E-state index contributed by atoms with van der Waals surface area (Å²) in [6.07, 6.45) is 6.04. The van der Waals surface area contributed by atoms with Crippen molar-refractivity contribution in [2.24, 2.45) is 5.92 Å². The maximum absolute atomic E-state index is 13.7. The second-order valence-corrected chi connectivity index (χ2v) is 14.0. The first-order valence-electron chi connectivity index (χ1n) is 15.2. The highest BCUT2D eigenvalue weighted by molar-refractivity contribution is 7.91. The summed E-state index contributed by atoms with van der Waals surface area (Å²) in [6, 6.07) is 13.1. The summed E-state index contributed by atoms with van der Waals surface area (Å²) >= 11 is 11.4. The van der Waals surface area contributed by atoms with E-state index >= 15 is 0 Å². The average molecular weight is 675 g/mol. The van der Waals surface area contributed by atoms with Crippen molar-refractivity contribution in [3.63, 3.8) is 0 Å². The molecular formula is C33H37Cl2N3O6S. The van der Waals surface area contributed by atoms with E-state index in [1.807, 2.05) is 0 Å². The third kappa shape index (κ3) is 7.86. The number of benzene rings is 2. The lowest BCUT2D eigenvalue weighted by atomic mass is 9.79. The minimum absolute atomic E-state index is 0.0307. The minimum atomic E-state index is -1.68. The molecule has 2 aliphatic heterocycles. The van der Waals surface area contributed by atoms with Crippen LogP contribution in [0.2, 0.25) is 10.0 Å². The molecule has 2 unspecified atom stereocenters. The van der Waals surface area contributed by atoms with Crippen LogP contribution >= 0.6 is 23.2 Å². The molecule has 240 valence electrons. The van der Waals surface area contributed by atoms with Crippen molar-refractivity contribution in [2.75, 3.05) is 38.5 Å². The van der Waals surface area contributed by atoms with Gasteiger partial charge in [-0.1, -0.05) is 66.7 Å². The molecule has 1 aliphatic carbocycles. The summed E-state index contributed by atoms with van der Waals surface area (Å²) in [4.78, 5) is 44.0. The fraction of sp³-hybridized carbons (Fsp3) is 0.424. The smallest absolute Gasteiger partial charge is 0.334 e. The highest BCUT2D eigenvalue weighted by atomic mass is 35.5. The SMILES string of the molecule is O=C(O)C1=C(CC(=O)N2CCN(CC3CCCCC3)CC2)NC(C[S+]([O-])c2ccccc2)=C(C(=O)O)C1c1c(Cl)cccc1Cl. The fourth-order valence-corrected chi connectivity index (χ4v) is 8.34. The van der Waals surface area contributed by atoms with E-state index in [2.05, 4.69) is 10.2 Å². The zero-order chi connectivity index (χ0) is 32.1. The second kappa shape index (κ2) is 15.0. The predicted octanol–water partition coefficient (Wildman–Crippen LogP) is 5.28. The quantitative estimate of drug-likeness (QED) is 0.290. The Bertz CT molecular complexity index is 1470. The third-order valence-corrected chi connectivity index (χ3v) is 10.9. The molecule has 12 heteroatoms. The van der Waals surface area contributed by atoms with Gasteiger partial charge in [-0.3, -0.25) is 9.69 Å². The van der Waals surface area contributed by atoms with Crippen LogP contribution in [-0.2, 0) is 25.6 Å². The summed E-state index contributed by atoms with van der Waals surface area (Å²) in [6.45, 7) is 3.54. The van der Waals surface area contributed by atoms with Gasteiger partial charge in [-0.15, -0.1) is 0 Å². The van der Waals surface area contributed by atoms with Crippen LogP contribution in [0, 0.1) is 5.92 Å². The Hall–Kier alpha value is -3.02. The molecule has 45 heavy (non-hydrogen) atoms. The number of carboxylic acids is 2. The summed E-state index contributed by atoms with van der Waals surface area (Å²) in [7, 11) is 0. The number of carbonyl (C=O) groups is 3. The zero-order valence-electron chi connectivity index (χ0n) is 24.8. The van der Waals surface area contributed by atoms with Crippen molar-refractivity contribution < 1.29 is 29.1 Å². The fourth-order valence-electron chi connectivity index (χ4n) is 6.61. The first kappa shape index (κ1) is 33.3. The van der Waals surface area contributed by atoms with Crippen LogP contribution in [0.1, 0.15) is 50.0 Å². The predicted molar refractivity (Wildman–Crippen MR) is 174 cm³/mol. The molecule has 3 N–H and O–H groups in total. The molecular weight excluding hydrogens is 637 g/mol. The largest absolute Gasteiger partial charge is 0.611 e. The lowest BCUT2D eigenvalue weighted by Crippen LogP contribution is -2.50. The monoisotopic (exact) mass is 673 g/mol. The van der Waals surface area contributed by atoms with Gasteiger partial charge in [-0.2, -0.15) is 0 Å². The van der Waals surface area contributed by atoms with E-state index in [-0.39, 0.29) is 56.2 Å². The molecule has 0 aromatic heterocycles. The molecule has 0 spiro atoms. The van der Waals surface area contributed by atoms with Gasteiger partial charge in [0, 0.05) is 54.0 Å². The Morgan fingerprint density at radius 2 is 1.44 bits per heavy atom. The Kier molecular flexibility index (Phi) is 11.1. The maximum Gasteiger partial charge on any atom is 0.334 e. The van der Waals surface area contributed by atoms with Crippen molar-refractivity contribution >= 4 is 52.2 Å². The number of nitrogens with zero attached hydrogens (tertiary/aromatic N) is 2. The minimum Gasteiger partial charge on any atom is -0.611 e. The number of dihydropyridines is 1. The third-order valence-electron chi connectivity index (χ3n) is 8.85. The van der Waals surface area contributed by atoms with Gasteiger partial charge in [0.15, 0.2) is 10.6 Å². The van der Waals surface area contributed by atoms with E-state index < -0.39 is 29.0 Å². The van der Waals surface area contributed by atoms with Crippen molar-refractivity contribution in [1.29, 1.82) is 0 Å². The number of rotatable bonds is 10. The average Bonchev–Trinajstić information content (AvgIpc) is 3.02. The second-order valence-electron chi connectivity index (χ2n) is 11.8. The van der Waals surface area contributed by atoms with Crippen LogP contribution in [0.25, 0.3) is 0 Å². The highest BCUT2D eigenvalue weighted by Gasteiger charge is 2.42.